The molecule has 0 bridgehead atoms. The van der Waals surface area contributed by atoms with Crippen molar-refractivity contribution in [3.8, 4) is 0 Å². The zero-order valence-corrected chi connectivity index (χ0v) is 12.5. The van der Waals surface area contributed by atoms with Crippen LogP contribution >= 0.6 is 0 Å². The lowest BCUT2D eigenvalue weighted by atomic mass is 10.0. The maximum Gasteiger partial charge on any atom is 0.0317 e. The summed E-state index contributed by atoms with van der Waals surface area (Å²) >= 11 is 0. The lowest BCUT2D eigenvalue weighted by Crippen LogP contribution is -2.23. The van der Waals surface area contributed by atoms with Gasteiger partial charge in [-0.25, -0.2) is 0 Å². The van der Waals surface area contributed by atoms with Crippen LogP contribution in [0.4, 0.5) is 0 Å². The summed E-state index contributed by atoms with van der Waals surface area (Å²) in [6, 6.07) is 13.6. The van der Waals surface area contributed by atoms with Gasteiger partial charge in [0.25, 0.3) is 0 Å². The Bertz CT molecular complexity index is 491. The average molecular weight is 268 g/mol. The summed E-state index contributed by atoms with van der Waals surface area (Å²) in [7, 11) is 0. The van der Waals surface area contributed by atoms with Crippen molar-refractivity contribution >= 4 is 0 Å². The average Bonchev–Trinajstić information content (AvgIpc) is 2.53. The second kappa shape index (κ2) is 7.81. The molecule has 2 nitrogen and oxygen atoms in total. The molecule has 1 atom stereocenters. The van der Waals surface area contributed by atoms with Crippen molar-refractivity contribution in [2.75, 3.05) is 6.54 Å². The van der Waals surface area contributed by atoms with Crippen molar-refractivity contribution in [1.29, 1.82) is 0 Å². The molecule has 2 rings (SSSR count). The smallest absolute Gasteiger partial charge is 0.0317 e. The highest BCUT2D eigenvalue weighted by Crippen LogP contribution is 2.17. The summed E-state index contributed by atoms with van der Waals surface area (Å²) in [4.78, 5) is 4.15. The quantitative estimate of drug-likeness (QED) is 0.823. The normalized spacial score (nSPS) is 12.3. The first-order valence-corrected chi connectivity index (χ1v) is 7.54. The van der Waals surface area contributed by atoms with Crippen LogP contribution in [0.5, 0.6) is 0 Å². The summed E-state index contributed by atoms with van der Waals surface area (Å²) in [6.07, 6.45) is 7.00. The van der Waals surface area contributed by atoms with Gasteiger partial charge in [0, 0.05) is 18.4 Å². The Labute approximate surface area is 122 Å². The van der Waals surface area contributed by atoms with Crippen LogP contribution in [0.2, 0.25) is 0 Å². The van der Waals surface area contributed by atoms with E-state index in [0.29, 0.717) is 6.04 Å². The molecule has 0 aliphatic heterocycles. The number of hydrogen-bond donors (Lipinski definition) is 1. The molecule has 2 heteroatoms. The Morgan fingerprint density at radius 2 is 1.85 bits per heavy atom. The van der Waals surface area contributed by atoms with Crippen molar-refractivity contribution in [1.82, 2.24) is 10.3 Å². The standard InChI is InChI=1S/C18H24N2/c1-3-15-7-9-17(10-8-15)18(4-2)20-13-11-16-6-5-12-19-14-16/h5-10,12,14,18,20H,3-4,11,13H2,1-2H3. The summed E-state index contributed by atoms with van der Waals surface area (Å²) in [5.41, 5.74) is 4.08. The summed E-state index contributed by atoms with van der Waals surface area (Å²) in [6.45, 7) is 5.41. The van der Waals surface area contributed by atoms with Crippen LogP contribution in [0.3, 0.4) is 0 Å². The van der Waals surface area contributed by atoms with E-state index >= 15 is 0 Å². The van der Waals surface area contributed by atoms with E-state index in [2.05, 4.69) is 54.5 Å². The van der Waals surface area contributed by atoms with Gasteiger partial charge in [0.2, 0.25) is 0 Å². The van der Waals surface area contributed by atoms with Gasteiger partial charge in [-0.05, 0) is 48.6 Å². The molecule has 0 saturated carbocycles. The lowest BCUT2D eigenvalue weighted by molar-refractivity contribution is 0.522. The zero-order chi connectivity index (χ0) is 14.2. The second-order valence-electron chi connectivity index (χ2n) is 5.12. The third kappa shape index (κ3) is 4.17. The highest BCUT2D eigenvalue weighted by Gasteiger charge is 2.08. The molecule has 1 heterocycles. The molecule has 0 amide bonds. The fourth-order valence-corrected chi connectivity index (χ4v) is 2.42. The highest BCUT2D eigenvalue weighted by atomic mass is 14.9. The number of nitrogens with one attached hydrogen (secondary N) is 1. The van der Waals surface area contributed by atoms with E-state index in [0.717, 1.165) is 25.8 Å². The Morgan fingerprint density at radius 3 is 2.45 bits per heavy atom. The third-order valence-electron chi connectivity index (χ3n) is 3.73. The Kier molecular flexibility index (Phi) is 5.75. The Balaban J connectivity index is 1.88. The number of aromatic nitrogens is 1. The lowest BCUT2D eigenvalue weighted by Gasteiger charge is -2.18. The number of aryl methyl sites for hydroxylation is 1. The summed E-state index contributed by atoms with van der Waals surface area (Å²) < 4.78 is 0. The van der Waals surface area contributed by atoms with Gasteiger partial charge in [-0.1, -0.05) is 44.2 Å². The number of hydrogen-bond acceptors (Lipinski definition) is 2. The molecule has 0 fully saturated rings. The molecular formula is C18H24N2. The van der Waals surface area contributed by atoms with Gasteiger partial charge < -0.3 is 5.32 Å². The van der Waals surface area contributed by atoms with E-state index in [1.807, 2.05) is 18.5 Å². The van der Waals surface area contributed by atoms with Gasteiger partial charge in [-0.15, -0.1) is 0 Å². The summed E-state index contributed by atoms with van der Waals surface area (Å²) in [5.74, 6) is 0. The molecule has 1 aromatic carbocycles. The van der Waals surface area contributed by atoms with E-state index in [1.165, 1.54) is 16.7 Å². The van der Waals surface area contributed by atoms with Crippen molar-refractivity contribution in [2.24, 2.45) is 0 Å². The van der Waals surface area contributed by atoms with Gasteiger partial charge in [0.1, 0.15) is 0 Å². The van der Waals surface area contributed by atoms with E-state index in [-0.39, 0.29) is 0 Å². The maximum absolute atomic E-state index is 4.15. The highest BCUT2D eigenvalue weighted by molar-refractivity contribution is 5.25. The topological polar surface area (TPSA) is 24.9 Å². The first-order chi connectivity index (χ1) is 9.83. The largest absolute Gasteiger partial charge is 0.310 e. The molecule has 0 radical (unpaired) electrons. The van der Waals surface area contributed by atoms with Crippen LogP contribution in [0, 0.1) is 0 Å². The van der Waals surface area contributed by atoms with Crippen molar-refractivity contribution in [2.45, 2.75) is 39.2 Å². The number of benzene rings is 1. The zero-order valence-electron chi connectivity index (χ0n) is 12.5. The van der Waals surface area contributed by atoms with Gasteiger partial charge in [0.05, 0.1) is 0 Å². The van der Waals surface area contributed by atoms with Crippen molar-refractivity contribution < 1.29 is 0 Å². The minimum Gasteiger partial charge on any atom is -0.310 e. The van der Waals surface area contributed by atoms with Gasteiger partial charge in [0.15, 0.2) is 0 Å². The molecule has 0 saturated heterocycles. The molecule has 1 unspecified atom stereocenters. The molecular weight excluding hydrogens is 244 g/mol. The van der Waals surface area contributed by atoms with Crippen LogP contribution in [-0.4, -0.2) is 11.5 Å². The predicted octanol–water partition coefficient (Wildman–Crippen LogP) is 3.93. The van der Waals surface area contributed by atoms with E-state index in [4.69, 9.17) is 0 Å². The minimum absolute atomic E-state index is 0.442. The monoisotopic (exact) mass is 268 g/mol. The first-order valence-electron chi connectivity index (χ1n) is 7.54. The minimum atomic E-state index is 0.442. The van der Waals surface area contributed by atoms with Crippen LogP contribution in [-0.2, 0) is 12.8 Å². The van der Waals surface area contributed by atoms with Gasteiger partial charge in [-0.3, -0.25) is 4.98 Å². The summed E-state index contributed by atoms with van der Waals surface area (Å²) in [5, 5.41) is 3.64. The SMILES string of the molecule is CCc1ccc(C(CC)NCCc2cccnc2)cc1. The molecule has 20 heavy (non-hydrogen) atoms. The Hall–Kier alpha value is -1.67. The van der Waals surface area contributed by atoms with Gasteiger partial charge in [-0.2, -0.15) is 0 Å². The van der Waals surface area contributed by atoms with Crippen LogP contribution in [0.15, 0.2) is 48.8 Å². The van der Waals surface area contributed by atoms with E-state index < -0.39 is 0 Å². The van der Waals surface area contributed by atoms with Gasteiger partial charge >= 0.3 is 0 Å². The Morgan fingerprint density at radius 1 is 1.05 bits per heavy atom. The molecule has 1 aromatic heterocycles. The first kappa shape index (κ1) is 14.7. The number of rotatable bonds is 7. The van der Waals surface area contributed by atoms with Crippen LogP contribution in [0.25, 0.3) is 0 Å². The third-order valence-corrected chi connectivity index (χ3v) is 3.73. The van der Waals surface area contributed by atoms with Crippen LogP contribution < -0.4 is 5.32 Å². The number of pyridine rings is 1. The number of nitrogens with zero attached hydrogens (tertiary/aromatic N) is 1. The fraction of sp³-hybridized carbons (Fsp3) is 0.389. The van der Waals surface area contributed by atoms with Crippen molar-refractivity contribution in [3.05, 3.63) is 65.5 Å². The predicted molar refractivity (Wildman–Crippen MR) is 84.8 cm³/mol. The molecule has 0 aliphatic carbocycles. The molecule has 0 aliphatic rings. The fourth-order valence-electron chi connectivity index (χ4n) is 2.42. The van der Waals surface area contributed by atoms with Crippen LogP contribution in [0.1, 0.15) is 43.0 Å². The second-order valence-corrected chi connectivity index (χ2v) is 5.12. The molecule has 1 N–H and O–H groups in total. The maximum atomic E-state index is 4.15. The van der Waals surface area contributed by atoms with E-state index in [9.17, 15) is 0 Å². The molecule has 106 valence electrons. The van der Waals surface area contributed by atoms with E-state index in [1.54, 1.807) is 0 Å². The van der Waals surface area contributed by atoms with Crippen molar-refractivity contribution in [3.63, 3.8) is 0 Å². The molecule has 0 spiro atoms. The molecule has 2 aromatic rings.